The molecule has 0 saturated heterocycles. The lowest BCUT2D eigenvalue weighted by atomic mass is 10.3. The molecule has 0 aliphatic heterocycles. The maximum absolute atomic E-state index is 11.7. The van der Waals surface area contributed by atoms with Crippen molar-refractivity contribution in [2.24, 2.45) is 0 Å². The zero-order chi connectivity index (χ0) is 13.7. The van der Waals surface area contributed by atoms with Gasteiger partial charge in [-0.25, -0.2) is 4.79 Å². The normalized spacial score (nSPS) is 10.0. The lowest BCUT2D eigenvalue weighted by molar-refractivity contribution is 0.251. The SMILES string of the molecule is O=C(NCc1ccncc1)Nc1cc(Cl)cc(Cl)c1. The lowest BCUT2D eigenvalue weighted by Gasteiger charge is -2.08. The maximum atomic E-state index is 11.7. The first-order valence-corrected chi connectivity index (χ1v) is 6.29. The Bertz CT molecular complexity index is 555. The summed E-state index contributed by atoms with van der Waals surface area (Å²) in [6.07, 6.45) is 3.34. The van der Waals surface area contributed by atoms with E-state index in [4.69, 9.17) is 23.2 Å². The molecular weight excluding hydrogens is 285 g/mol. The van der Waals surface area contributed by atoms with Crippen LogP contribution in [0, 0.1) is 0 Å². The van der Waals surface area contributed by atoms with Crippen LogP contribution in [0.4, 0.5) is 10.5 Å². The lowest BCUT2D eigenvalue weighted by Crippen LogP contribution is -2.28. The zero-order valence-corrected chi connectivity index (χ0v) is 11.4. The van der Waals surface area contributed by atoms with E-state index < -0.39 is 0 Å². The first-order chi connectivity index (χ1) is 9.13. The summed E-state index contributed by atoms with van der Waals surface area (Å²) in [5.74, 6) is 0. The summed E-state index contributed by atoms with van der Waals surface area (Å²) in [7, 11) is 0. The number of urea groups is 1. The molecule has 0 unspecified atom stereocenters. The van der Waals surface area contributed by atoms with Crippen molar-refractivity contribution in [3.05, 3.63) is 58.3 Å². The third kappa shape index (κ3) is 4.43. The first-order valence-electron chi connectivity index (χ1n) is 5.53. The molecular formula is C13H11Cl2N3O. The summed E-state index contributed by atoms with van der Waals surface area (Å²) in [5.41, 5.74) is 1.51. The van der Waals surface area contributed by atoms with Crippen molar-refractivity contribution in [3.63, 3.8) is 0 Å². The molecule has 4 nitrogen and oxygen atoms in total. The Labute approximate surface area is 120 Å². The minimum atomic E-state index is -0.324. The van der Waals surface area contributed by atoms with Crippen LogP contribution in [0.3, 0.4) is 0 Å². The molecule has 19 heavy (non-hydrogen) atoms. The second kappa shape index (κ2) is 6.41. The van der Waals surface area contributed by atoms with E-state index in [2.05, 4.69) is 15.6 Å². The van der Waals surface area contributed by atoms with Gasteiger partial charge in [0.25, 0.3) is 0 Å². The predicted molar refractivity (Wildman–Crippen MR) is 76.6 cm³/mol. The first kappa shape index (κ1) is 13.6. The summed E-state index contributed by atoms with van der Waals surface area (Å²) in [5, 5.41) is 6.32. The summed E-state index contributed by atoms with van der Waals surface area (Å²) < 4.78 is 0. The molecule has 0 radical (unpaired) electrons. The monoisotopic (exact) mass is 295 g/mol. The fraction of sp³-hybridized carbons (Fsp3) is 0.0769. The Morgan fingerprint density at radius 2 is 1.74 bits per heavy atom. The molecule has 6 heteroatoms. The van der Waals surface area contributed by atoms with Crippen molar-refractivity contribution in [1.82, 2.24) is 10.3 Å². The largest absolute Gasteiger partial charge is 0.334 e. The van der Waals surface area contributed by atoms with Crippen LogP contribution in [0.15, 0.2) is 42.7 Å². The molecule has 0 bridgehead atoms. The van der Waals surface area contributed by atoms with Gasteiger partial charge in [-0.15, -0.1) is 0 Å². The number of hydrogen-bond acceptors (Lipinski definition) is 2. The van der Waals surface area contributed by atoms with E-state index in [1.165, 1.54) is 0 Å². The van der Waals surface area contributed by atoms with Crippen molar-refractivity contribution in [1.29, 1.82) is 0 Å². The summed E-state index contributed by atoms with van der Waals surface area (Å²) in [6.45, 7) is 0.419. The van der Waals surface area contributed by atoms with Gasteiger partial charge in [-0.2, -0.15) is 0 Å². The molecule has 2 rings (SSSR count). The Hall–Kier alpha value is -1.78. The van der Waals surface area contributed by atoms with Crippen LogP contribution in [-0.2, 0) is 6.54 Å². The van der Waals surface area contributed by atoms with Gasteiger partial charge in [0.1, 0.15) is 0 Å². The minimum absolute atomic E-state index is 0.324. The van der Waals surface area contributed by atoms with Crippen molar-refractivity contribution in [2.45, 2.75) is 6.54 Å². The number of amides is 2. The number of aromatic nitrogens is 1. The van der Waals surface area contributed by atoms with E-state index in [1.54, 1.807) is 30.6 Å². The molecule has 0 aliphatic rings. The zero-order valence-electron chi connectivity index (χ0n) is 9.86. The second-order valence-corrected chi connectivity index (χ2v) is 4.69. The van der Waals surface area contributed by atoms with Crippen LogP contribution in [0.5, 0.6) is 0 Å². The van der Waals surface area contributed by atoms with Crippen molar-refractivity contribution < 1.29 is 4.79 Å². The van der Waals surface area contributed by atoms with Gasteiger partial charge in [0.2, 0.25) is 0 Å². The molecule has 98 valence electrons. The highest BCUT2D eigenvalue weighted by molar-refractivity contribution is 6.35. The van der Waals surface area contributed by atoms with Gasteiger partial charge in [0, 0.05) is 34.7 Å². The van der Waals surface area contributed by atoms with Crippen LogP contribution < -0.4 is 10.6 Å². The number of carbonyl (C=O) groups excluding carboxylic acids is 1. The summed E-state index contributed by atoms with van der Waals surface area (Å²) in [6, 6.07) is 8.19. The average molecular weight is 296 g/mol. The summed E-state index contributed by atoms with van der Waals surface area (Å²) in [4.78, 5) is 15.6. The molecule has 0 fully saturated rings. The number of carbonyl (C=O) groups is 1. The third-order valence-electron chi connectivity index (χ3n) is 2.32. The number of benzene rings is 1. The van der Waals surface area contributed by atoms with Gasteiger partial charge in [0.05, 0.1) is 0 Å². The number of anilines is 1. The molecule has 0 aliphatic carbocycles. The standard InChI is InChI=1S/C13H11Cl2N3O/c14-10-5-11(15)7-12(6-10)18-13(19)17-8-9-1-3-16-4-2-9/h1-7H,8H2,(H2,17,18,19). The van der Waals surface area contributed by atoms with E-state index in [9.17, 15) is 4.79 Å². The topological polar surface area (TPSA) is 54.0 Å². The minimum Gasteiger partial charge on any atom is -0.334 e. The molecule has 2 N–H and O–H groups in total. The van der Waals surface area contributed by atoms with Gasteiger partial charge in [-0.3, -0.25) is 4.98 Å². The van der Waals surface area contributed by atoms with Gasteiger partial charge >= 0.3 is 6.03 Å². The Kier molecular flexibility index (Phi) is 4.60. The van der Waals surface area contributed by atoms with Gasteiger partial charge in [-0.1, -0.05) is 23.2 Å². The molecule has 1 aromatic heterocycles. The van der Waals surface area contributed by atoms with E-state index in [0.29, 0.717) is 22.3 Å². The van der Waals surface area contributed by atoms with Gasteiger partial charge in [0.15, 0.2) is 0 Å². The smallest absolute Gasteiger partial charge is 0.319 e. The van der Waals surface area contributed by atoms with E-state index in [-0.39, 0.29) is 6.03 Å². The van der Waals surface area contributed by atoms with Crippen LogP contribution in [0.2, 0.25) is 10.0 Å². The Morgan fingerprint density at radius 1 is 1.11 bits per heavy atom. The van der Waals surface area contributed by atoms with E-state index >= 15 is 0 Å². The van der Waals surface area contributed by atoms with Crippen molar-refractivity contribution >= 4 is 34.9 Å². The van der Waals surface area contributed by atoms with E-state index in [1.807, 2.05) is 12.1 Å². The van der Waals surface area contributed by atoms with Crippen molar-refractivity contribution in [2.75, 3.05) is 5.32 Å². The van der Waals surface area contributed by atoms with Crippen LogP contribution in [-0.4, -0.2) is 11.0 Å². The van der Waals surface area contributed by atoms with Gasteiger partial charge < -0.3 is 10.6 Å². The van der Waals surface area contributed by atoms with Crippen LogP contribution in [0.25, 0.3) is 0 Å². The number of nitrogens with zero attached hydrogens (tertiary/aromatic N) is 1. The molecule has 0 saturated carbocycles. The fourth-order valence-corrected chi connectivity index (χ4v) is 2.01. The quantitative estimate of drug-likeness (QED) is 0.907. The Morgan fingerprint density at radius 3 is 2.37 bits per heavy atom. The van der Waals surface area contributed by atoms with Gasteiger partial charge in [-0.05, 0) is 35.9 Å². The highest BCUT2D eigenvalue weighted by Gasteiger charge is 2.03. The molecule has 2 amide bonds. The third-order valence-corrected chi connectivity index (χ3v) is 2.76. The molecule has 2 aromatic rings. The summed E-state index contributed by atoms with van der Waals surface area (Å²) >= 11 is 11.7. The molecule has 1 heterocycles. The molecule has 0 spiro atoms. The maximum Gasteiger partial charge on any atom is 0.319 e. The van der Waals surface area contributed by atoms with Crippen LogP contribution >= 0.6 is 23.2 Å². The number of halogens is 2. The number of pyridine rings is 1. The van der Waals surface area contributed by atoms with Crippen LogP contribution in [0.1, 0.15) is 5.56 Å². The highest BCUT2D eigenvalue weighted by Crippen LogP contribution is 2.22. The molecule has 0 atom stereocenters. The molecule has 1 aromatic carbocycles. The number of nitrogens with one attached hydrogen (secondary N) is 2. The van der Waals surface area contributed by atoms with Crippen molar-refractivity contribution in [3.8, 4) is 0 Å². The average Bonchev–Trinajstić information content (AvgIpc) is 2.36. The second-order valence-electron chi connectivity index (χ2n) is 3.82. The number of hydrogen-bond donors (Lipinski definition) is 2. The fourth-order valence-electron chi connectivity index (χ4n) is 1.48. The number of rotatable bonds is 3. The predicted octanol–water partition coefficient (Wildman–Crippen LogP) is 3.71. The Balaban J connectivity index is 1.91. The van der Waals surface area contributed by atoms with E-state index in [0.717, 1.165) is 5.56 Å². The highest BCUT2D eigenvalue weighted by atomic mass is 35.5.